The SMILES string of the molecule is CC(C)C(Nc1cc(Cl)c(F)cc1[N+](=O)[O-])C(=O)O. The summed E-state index contributed by atoms with van der Waals surface area (Å²) in [5, 5.41) is 22.0. The Labute approximate surface area is 113 Å². The van der Waals surface area contributed by atoms with Crippen molar-refractivity contribution in [3.63, 3.8) is 0 Å². The summed E-state index contributed by atoms with van der Waals surface area (Å²) in [6, 6.07) is 0.622. The Morgan fingerprint density at radius 3 is 2.53 bits per heavy atom. The van der Waals surface area contributed by atoms with Gasteiger partial charge in [0, 0.05) is 0 Å². The fourth-order valence-corrected chi connectivity index (χ4v) is 1.65. The molecule has 0 aliphatic carbocycles. The van der Waals surface area contributed by atoms with Crippen molar-refractivity contribution < 1.29 is 19.2 Å². The van der Waals surface area contributed by atoms with Crippen LogP contribution < -0.4 is 5.32 Å². The van der Waals surface area contributed by atoms with Gasteiger partial charge in [-0.15, -0.1) is 0 Å². The number of aliphatic carboxylic acids is 1. The van der Waals surface area contributed by atoms with Gasteiger partial charge in [0.05, 0.1) is 16.0 Å². The molecule has 0 aliphatic rings. The summed E-state index contributed by atoms with van der Waals surface area (Å²) in [5.74, 6) is -2.42. The van der Waals surface area contributed by atoms with E-state index in [1.807, 2.05) is 0 Å². The molecule has 19 heavy (non-hydrogen) atoms. The Bertz CT molecular complexity index is 522. The highest BCUT2D eigenvalue weighted by Crippen LogP contribution is 2.31. The van der Waals surface area contributed by atoms with Crippen LogP contribution in [0.25, 0.3) is 0 Å². The lowest BCUT2D eigenvalue weighted by Gasteiger charge is -2.19. The van der Waals surface area contributed by atoms with Crippen LogP contribution in [0.2, 0.25) is 5.02 Å². The molecule has 6 nitrogen and oxygen atoms in total. The van der Waals surface area contributed by atoms with E-state index < -0.39 is 28.4 Å². The van der Waals surface area contributed by atoms with Crippen LogP contribution in [0.5, 0.6) is 0 Å². The van der Waals surface area contributed by atoms with Gasteiger partial charge in [-0.05, 0) is 12.0 Å². The van der Waals surface area contributed by atoms with Crippen molar-refractivity contribution in [3.05, 3.63) is 33.1 Å². The lowest BCUT2D eigenvalue weighted by Crippen LogP contribution is -2.34. The van der Waals surface area contributed by atoms with Gasteiger partial charge in [-0.3, -0.25) is 10.1 Å². The zero-order chi connectivity index (χ0) is 14.7. The predicted octanol–water partition coefficient (Wildman–Crippen LogP) is 2.91. The number of hydrogen-bond donors (Lipinski definition) is 2. The van der Waals surface area contributed by atoms with Crippen molar-refractivity contribution in [1.29, 1.82) is 0 Å². The topological polar surface area (TPSA) is 92.5 Å². The van der Waals surface area contributed by atoms with E-state index in [1.165, 1.54) is 0 Å². The molecule has 104 valence electrons. The average Bonchev–Trinajstić information content (AvgIpc) is 2.28. The minimum atomic E-state index is -1.16. The largest absolute Gasteiger partial charge is 0.480 e. The van der Waals surface area contributed by atoms with Gasteiger partial charge < -0.3 is 10.4 Å². The minimum Gasteiger partial charge on any atom is -0.480 e. The molecule has 0 amide bonds. The maximum atomic E-state index is 13.2. The second kappa shape index (κ2) is 5.83. The van der Waals surface area contributed by atoms with Crippen molar-refractivity contribution in [2.24, 2.45) is 5.92 Å². The van der Waals surface area contributed by atoms with E-state index in [1.54, 1.807) is 13.8 Å². The second-order valence-electron chi connectivity index (χ2n) is 4.24. The van der Waals surface area contributed by atoms with Gasteiger partial charge >= 0.3 is 5.97 Å². The third-order valence-corrected chi connectivity index (χ3v) is 2.77. The first kappa shape index (κ1) is 15.2. The number of nitrogens with zero attached hydrogens (tertiary/aromatic N) is 1. The molecule has 0 aromatic heterocycles. The standard InChI is InChI=1S/C11H12ClFN2O4/c1-5(2)10(11(16)17)14-8-3-6(12)7(13)4-9(8)15(18)19/h3-5,10,14H,1-2H3,(H,16,17). The molecule has 0 heterocycles. The first-order chi connectivity index (χ1) is 8.73. The fraction of sp³-hybridized carbons (Fsp3) is 0.364. The molecule has 0 fully saturated rings. The number of rotatable bonds is 5. The van der Waals surface area contributed by atoms with Crippen LogP contribution in [0.1, 0.15) is 13.8 Å². The van der Waals surface area contributed by atoms with Crippen LogP contribution in [0, 0.1) is 21.8 Å². The van der Waals surface area contributed by atoms with E-state index in [2.05, 4.69) is 5.32 Å². The highest BCUT2D eigenvalue weighted by Gasteiger charge is 2.26. The molecule has 0 aliphatic heterocycles. The molecule has 2 N–H and O–H groups in total. The number of carboxylic acids is 1. The monoisotopic (exact) mass is 290 g/mol. The third-order valence-electron chi connectivity index (χ3n) is 2.48. The Morgan fingerprint density at radius 2 is 2.11 bits per heavy atom. The van der Waals surface area contributed by atoms with E-state index >= 15 is 0 Å². The summed E-state index contributed by atoms with van der Waals surface area (Å²) in [6.07, 6.45) is 0. The molecule has 1 atom stereocenters. The number of nitro benzene ring substituents is 1. The zero-order valence-electron chi connectivity index (χ0n) is 10.2. The lowest BCUT2D eigenvalue weighted by atomic mass is 10.0. The van der Waals surface area contributed by atoms with E-state index in [0.717, 1.165) is 6.07 Å². The van der Waals surface area contributed by atoms with Crippen LogP contribution in [0.15, 0.2) is 12.1 Å². The summed E-state index contributed by atoms with van der Waals surface area (Å²) in [5.41, 5.74) is -0.689. The van der Waals surface area contributed by atoms with E-state index in [0.29, 0.717) is 6.07 Å². The molecule has 0 spiro atoms. The molecule has 1 aromatic rings. The maximum Gasteiger partial charge on any atom is 0.326 e. The van der Waals surface area contributed by atoms with Crippen LogP contribution in [-0.4, -0.2) is 22.0 Å². The zero-order valence-corrected chi connectivity index (χ0v) is 10.9. The number of carbonyl (C=O) groups is 1. The van der Waals surface area contributed by atoms with Crippen LogP contribution in [-0.2, 0) is 4.79 Å². The maximum absolute atomic E-state index is 13.2. The first-order valence-corrected chi connectivity index (χ1v) is 5.74. The number of nitro groups is 1. The Hall–Kier alpha value is -1.89. The highest BCUT2D eigenvalue weighted by atomic mass is 35.5. The Balaban J connectivity index is 3.22. The normalized spacial score (nSPS) is 12.3. The third kappa shape index (κ3) is 3.54. The van der Waals surface area contributed by atoms with Gasteiger partial charge in [0.1, 0.15) is 17.5 Å². The molecule has 1 unspecified atom stereocenters. The molecule has 0 saturated carbocycles. The van der Waals surface area contributed by atoms with Gasteiger partial charge in [-0.25, -0.2) is 9.18 Å². The quantitative estimate of drug-likeness (QED) is 0.642. The van der Waals surface area contributed by atoms with Crippen molar-refractivity contribution in [1.82, 2.24) is 0 Å². The van der Waals surface area contributed by atoms with Crippen molar-refractivity contribution >= 4 is 28.9 Å². The number of anilines is 1. The van der Waals surface area contributed by atoms with Gasteiger partial charge in [0.2, 0.25) is 0 Å². The highest BCUT2D eigenvalue weighted by molar-refractivity contribution is 6.31. The minimum absolute atomic E-state index is 0.127. The second-order valence-corrected chi connectivity index (χ2v) is 4.65. The van der Waals surface area contributed by atoms with Gasteiger partial charge in [0.15, 0.2) is 0 Å². The number of halogens is 2. The molecule has 1 rings (SSSR count). The van der Waals surface area contributed by atoms with Gasteiger partial charge in [-0.2, -0.15) is 0 Å². The Morgan fingerprint density at radius 1 is 1.53 bits per heavy atom. The van der Waals surface area contributed by atoms with Crippen molar-refractivity contribution in [2.45, 2.75) is 19.9 Å². The number of carboxylic acid groups (broad SMARTS) is 1. The van der Waals surface area contributed by atoms with Crippen LogP contribution in [0.3, 0.4) is 0 Å². The molecular formula is C11H12ClFN2O4. The van der Waals surface area contributed by atoms with Crippen molar-refractivity contribution in [2.75, 3.05) is 5.32 Å². The van der Waals surface area contributed by atoms with Crippen molar-refractivity contribution in [3.8, 4) is 0 Å². The molecular weight excluding hydrogens is 279 g/mol. The van der Waals surface area contributed by atoms with E-state index in [4.69, 9.17) is 16.7 Å². The van der Waals surface area contributed by atoms with E-state index in [9.17, 15) is 19.3 Å². The van der Waals surface area contributed by atoms with Gasteiger partial charge in [0.25, 0.3) is 5.69 Å². The molecule has 0 radical (unpaired) electrons. The summed E-state index contributed by atoms with van der Waals surface area (Å²) in [4.78, 5) is 21.0. The summed E-state index contributed by atoms with van der Waals surface area (Å²) in [6.45, 7) is 3.28. The number of benzene rings is 1. The summed E-state index contributed by atoms with van der Waals surface area (Å²) in [7, 11) is 0. The van der Waals surface area contributed by atoms with Crippen LogP contribution in [0.4, 0.5) is 15.8 Å². The molecule has 0 bridgehead atoms. The summed E-state index contributed by atoms with van der Waals surface area (Å²) < 4.78 is 13.2. The molecule has 1 aromatic carbocycles. The molecule has 8 heteroatoms. The number of nitrogens with one attached hydrogen (secondary N) is 1. The van der Waals surface area contributed by atoms with Gasteiger partial charge in [-0.1, -0.05) is 25.4 Å². The lowest BCUT2D eigenvalue weighted by molar-refractivity contribution is -0.384. The first-order valence-electron chi connectivity index (χ1n) is 5.36. The average molecular weight is 291 g/mol. The summed E-state index contributed by atoms with van der Waals surface area (Å²) >= 11 is 5.55. The molecule has 0 saturated heterocycles. The van der Waals surface area contributed by atoms with E-state index in [-0.39, 0.29) is 16.6 Å². The smallest absolute Gasteiger partial charge is 0.326 e. The fourth-order valence-electron chi connectivity index (χ4n) is 1.48. The van der Waals surface area contributed by atoms with Crippen LogP contribution >= 0.6 is 11.6 Å². The number of hydrogen-bond acceptors (Lipinski definition) is 4. The predicted molar refractivity (Wildman–Crippen MR) is 67.9 cm³/mol. The Kier molecular flexibility index (Phi) is 4.66.